The first-order chi connectivity index (χ1) is 10.3. The fourth-order valence-corrected chi connectivity index (χ4v) is 2.25. The van der Waals surface area contributed by atoms with E-state index in [-0.39, 0.29) is 31.1 Å². The number of amides is 1. The minimum Gasteiger partial charge on any atom is -0.480 e. The van der Waals surface area contributed by atoms with Crippen LogP contribution in [0.4, 0.5) is 5.69 Å². The number of carbonyl (C=O) groups is 2. The average molecular weight is 312 g/mol. The van der Waals surface area contributed by atoms with Crippen molar-refractivity contribution >= 4 is 17.6 Å². The lowest BCUT2D eigenvalue weighted by molar-refractivity contribution is -0.386. The van der Waals surface area contributed by atoms with Crippen LogP contribution in [0.15, 0.2) is 0 Å². The molecule has 122 valence electrons. The zero-order chi connectivity index (χ0) is 16.9. The van der Waals surface area contributed by atoms with E-state index in [0.717, 1.165) is 0 Å². The lowest BCUT2D eigenvalue weighted by Gasteiger charge is -2.19. The van der Waals surface area contributed by atoms with Gasteiger partial charge < -0.3 is 10.0 Å². The van der Waals surface area contributed by atoms with Gasteiger partial charge in [0.2, 0.25) is 5.91 Å². The van der Waals surface area contributed by atoms with Gasteiger partial charge in [-0.05, 0) is 20.3 Å². The van der Waals surface area contributed by atoms with Crippen LogP contribution in [0.1, 0.15) is 31.2 Å². The molecular weight excluding hydrogens is 292 g/mol. The predicted molar refractivity (Wildman–Crippen MR) is 77.5 cm³/mol. The molecule has 0 radical (unpaired) electrons. The van der Waals surface area contributed by atoms with Crippen LogP contribution in [0.3, 0.4) is 0 Å². The number of carboxylic acid groups (broad SMARTS) is 1. The van der Waals surface area contributed by atoms with Crippen LogP contribution in [-0.4, -0.2) is 49.7 Å². The van der Waals surface area contributed by atoms with Gasteiger partial charge in [0.25, 0.3) is 0 Å². The molecule has 0 spiro atoms. The minimum absolute atomic E-state index is 0.0480. The highest BCUT2D eigenvalue weighted by molar-refractivity contribution is 5.81. The van der Waals surface area contributed by atoms with Gasteiger partial charge in [0.15, 0.2) is 0 Å². The summed E-state index contributed by atoms with van der Waals surface area (Å²) >= 11 is 0. The van der Waals surface area contributed by atoms with E-state index in [1.165, 1.54) is 16.5 Å². The van der Waals surface area contributed by atoms with Crippen molar-refractivity contribution in [1.29, 1.82) is 0 Å². The Bertz CT molecular complexity index is 581. The maximum Gasteiger partial charge on any atom is 0.323 e. The molecule has 1 aromatic rings. The highest BCUT2D eigenvalue weighted by Crippen LogP contribution is 2.21. The fourth-order valence-electron chi connectivity index (χ4n) is 2.25. The third kappa shape index (κ3) is 4.27. The van der Waals surface area contributed by atoms with Crippen LogP contribution >= 0.6 is 0 Å². The van der Waals surface area contributed by atoms with Crippen LogP contribution in [0.5, 0.6) is 0 Å². The Morgan fingerprint density at radius 2 is 2.05 bits per heavy atom. The van der Waals surface area contributed by atoms with E-state index in [0.29, 0.717) is 24.4 Å². The number of hydrogen-bond acceptors (Lipinski definition) is 5. The topological polar surface area (TPSA) is 119 Å². The molecule has 0 aliphatic carbocycles. The number of nitro groups is 1. The number of rotatable bonds is 8. The molecule has 0 bridgehead atoms. The zero-order valence-corrected chi connectivity index (χ0v) is 12.9. The van der Waals surface area contributed by atoms with Gasteiger partial charge in [-0.1, -0.05) is 6.92 Å². The van der Waals surface area contributed by atoms with Crippen LogP contribution in [0.2, 0.25) is 0 Å². The van der Waals surface area contributed by atoms with Gasteiger partial charge in [-0.15, -0.1) is 0 Å². The molecule has 9 nitrogen and oxygen atoms in total. The van der Waals surface area contributed by atoms with Gasteiger partial charge in [0, 0.05) is 13.0 Å². The molecule has 1 amide bonds. The summed E-state index contributed by atoms with van der Waals surface area (Å²) in [6.45, 7) is 5.17. The van der Waals surface area contributed by atoms with E-state index in [1.807, 2.05) is 6.92 Å². The summed E-state index contributed by atoms with van der Waals surface area (Å²) in [6.07, 6.45) is 0.705. The molecule has 22 heavy (non-hydrogen) atoms. The summed E-state index contributed by atoms with van der Waals surface area (Å²) in [5.74, 6) is -1.37. The second-order valence-electron chi connectivity index (χ2n) is 4.96. The van der Waals surface area contributed by atoms with E-state index in [4.69, 9.17) is 5.11 Å². The number of aromatic nitrogens is 2. The summed E-state index contributed by atoms with van der Waals surface area (Å²) < 4.78 is 1.41. The lowest BCUT2D eigenvalue weighted by Crippen LogP contribution is -2.36. The molecule has 1 aromatic heterocycles. The summed E-state index contributed by atoms with van der Waals surface area (Å²) in [4.78, 5) is 34.5. The predicted octanol–water partition coefficient (Wildman–Crippen LogP) is 1.12. The number of nitrogens with zero attached hydrogens (tertiary/aromatic N) is 4. The fraction of sp³-hybridized carbons (Fsp3) is 0.615. The van der Waals surface area contributed by atoms with Crippen molar-refractivity contribution < 1.29 is 19.6 Å². The highest BCUT2D eigenvalue weighted by Gasteiger charge is 2.22. The molecule has 0 saturated carbocycles. The number of carbonyl (C=O) groups excluding carboxylic acids is 1. The molecule has 0 aromatic carbocycles. The number of aliphatic carboxylic acids is 1. The van der Waals surface area contributed by atoms with Gasteiger partial charge in [-0.3, -0.25) is 24.4 Å². The van der Waals surface area contributed by atoms with Crippen LogP contribution in [0.25, 0.3) is 0 Å². The van der Waals surface area contributed by atoms with Crippen molar-refractivity contribution in [2.45, 2.75) is 40.2 Å². The zero-order valence-electron chi connectivity index (χ0n) is 12.9. The Morgan fingerprint density at radius 1 is 1.41 bits per heavy atom. The normalized spacial score (nSPS) is 10.5. The van der Waals surface area contributed by atoms with Crippen molar-refractivity contribution in [2.24, 2.45) is 0 Å². The molecule has 0 aliphatic rings. The summed E-state index contributed by atoms with van der Waals surface area (Å²) in [6, 6.07) is 0. The Morgan fingerprint density at radius 3 is 2.50 bits per heavy atom. The molecule has 0 fully saturated rings. The number of aryl methyl sites for hydroxylation is 2. The first-order valence-electron chi connectivity index (χ1n) is 6.95. The van der Waals surface area contributed by atoms with Crippen LogP contribution in [-0.2, 0) is 16.1 Å². The van der Waals surface area contributed by atoms with Crippen molar-refractivity contribution in [3.63, 3.8) is 0 Å². The quantitative estimate of drug-likeness (QED) is 0.567. The van der Waals surface area contributed by atoms with Crippen molar-refractivity contribution in [2.75, 3.05) is 13.1 Å². The van der Waals surface area contributed by atoms with Gasteiger partial charge in [-0.25, -0.2) is 0 Å². The SMILES string of the molecule is CCCN(CC(=O)O)C(=O)CCn1nc(C)c([N+](=O)[O-])c1C. The molecular formula is C13H20N4O5. The lowest BCUT2D eigenvalue weighted by atomic mass is 10.3. The summed E-state index contributed by atoms with van der Waals surface area (Å²) in [5, 5.41) is 23.8. The second kappa shape index (κ2) is 7.53. The van der Waals surface area contributed by atoms with E-state index in [9.17, 15) is 19.7 Å². The molecule has 0 unspecified atom stereocenters. The Hall–Kier alpha value is -2.45. The van der Waals surface area contributed by atoms with E-state index >= 15 is 0 Å². The number of carboxylic acids is 1. The van der Waals surface area contributed by atoms with Crippen LogP contribution in [0, 0.1) is 24.0 Å². The average Bonchev–Trinajstić information content (AvgIpc) is 2.69. The first kappa shape index (κ1) is 17.6. The van der Waals surface area contributed by atoms with Gasteiger partial charge in [0.05, 0.1) is 11.5 Å². The van der Waals surface area contributed by atoms with Crippen molar-refractivity contribution in [1.82, 2.24) is 14.7 Å². The molecule has 1 rings (SSSR count). The molecule has 0 atom stereocenters. The summed E-state index contributed by atoms with van der Waals surface area (Å²) in [5.41, 5.74) is 0.630. The van der Waals surface area contributed by atoms with E-state index in [2.05, 4.69) is 5.10 Å². The Kier molecular flexibility index (Phi) is 6.02. The highest BCUT2D eigenvalue weighted by atomic mass is 16.6. The largest absolute Gasteiger partial charge is 0.480 e. The second-order valence-corrected chi connectivity index (χ2v) is 4.96. The first-order valence-corrected chi connectivity index (χ1v) is 6.95. The van der Waals surface area contributed by atoms with Crippen LogP contribution < -0.4 is 0 Å². The Labute approximate surface area is 127 Å². The standard InChI is InChI=1S/C13H20N4O5/c1-4-6-15(8-12(19)20)11(18)5-7-16-10(3)13(17(21)22)9(2)14-16/h4-8H2,1-3H3,(H,19,20). The van der Waals surface area contributed by atoms with Gasteiger partial charge in [0.1, 0.15) is 17.9 Å². The van der Waals surface area contributed by atoms with Crippen molar-refractivity contribution in [3.8, 4) is 0 Å². The van der Waals surface area contributed by atoms with Gasteiger partial charge in [-0.2, -0.15) is 5.10 Å². The van der Waals surface area contributed by atoms with E-state index < -0.39 is 10.9 Å². The number of hydrogen-bond donors (Lipinski definition) is 1. The third-order valence-corrected chi connectivity index (χ3v) is 3.24. The smallest absolute Gasteiger partial charge is 0.323 e. The third-order valence-electron chi connectivity index (χ3n) is 3.24. The Balaban J connectivity index is 2.76. The molecule has 9 heteroatoms. The van der Waals surface area contributed by atoms with Crippen molar-refractivity contribution in [3.05, 3.63) is 21.5 Å². The maximum atomic E-state index is 12.1. The summed E-state index contributed by atoms with van der Waals surface area (Å²) in [7, 11) is 0. The van der Waals surface area contributed by atoms with E-state index in [1.54, 1.807) is 6.92 Å². The molecule has 1 N–H and O–H groups in total. The molecule has 0 aliphatic heterocycles. The minimum atomic E-state index is -1.07. The molecule has 0 saturated heterocycles. The molecule has 1 heterocycles. The maximum absolute atomic E-state index is 12.1. The van der Waals surface area contributed by atoms with Gasteiger partial charge >= 0.3 is 11.7 Å². The monoisotopic (exact) mass is 312 g/mol.